The Morgan fingerprint density at radius 1 is 1.00 bits per heavy atom. The molecule has 0 saturated carbocycles. The highest BCUT2D eigenvalue weighted by molar-refractivity contribution is 6.31. The van der Waals surface area contributed by atoms with E-state index in [0.717, 1.165) is 39.9 Å². The van der Waals surface area contributed by atoms with E-state index < -0.39 is 11.9 Å². The number of aromatic nitrogens is 10. The fourth-order valence-corrected chi connectivity index (χ4v) is 5.94. The number of carbonyl (C=O) groups excluding carboxylic acids is 1. The topological polar surface area (TPSA) is 148 Å². The van der Waals surface area contributed by atoms with Gasteiger partial charge in [-0.05, 0) is 59.5 Å². The number of nitrogens with zero attached hydrogens (tertiary/aromatic N) is 11. The van der Waals surface area contributed by atoms with E-state index in [-0.39, 0.29) is 23.0 Å². The number of rotatable bonds is 8. The van der Waals surface area contributed by atoms with Gasteiger partial charge in [-0.25, -0.2) is 4.39 Å². The van der Waals surface area contributed by atoms with E-state index >= 15 is 4.39 Å². The van der Waals surface area contributed by atoms with E-state index in [9.17, 15) is 15.2 Å². The fourth-order valence-electron chi connectivity index (χ4n) is 5.79. The van der Waals surface area contributed by atoms with Crippen molar-refractivity contribution in [2.75, 3.05) is 13.1 Å². The highest BCUT2D eigenvalue weighted by Gasteiger charge is 2.30. The maximum absolute atomic E-state index is 15.5. The molecule has 0 spiro atoms. The molecule has 2 N–H and O–H groups in total. The highest BCUT2D eigenvalue weighted by atomic mass is 35.5. The normalized spacial score (nSPS) is 14.0. The average molecular weight is 658 g/mol. The first-order chi connectivity index (χ1) is 22.9. The average Bonchev–Trinajstić information content (AvgIpc) is 3.89. The van der Waals surface area contributed by atoms with Gasteiger partial charge in [-0.2, -0.15) is 14.9 Å². The maximum atomic E-state index is 15.5. The molecule has 1 aliphatic rings. The number of tetrazole rings is 1. The third-order valence-electron chi connectivity index (χ3n) is 8.19. The van der Waals surface area contributed by atoms with Gasteiger partial charge in [0.05, 0.1) is 34.6 Å². The van der Waals surface area contributed by atoms with Gasteiger partial charge in [0.1, 0.15) is 12.0 Å². The molecule has 7 rings (SSSR count). The number of benzene rings is 1. The minimum atomic E-state index is -0.699. The smallest absolute Gasteiger partial charge is 0.274 e. The van der Waals surface area contributed by atoms with Gasteiger partial charge in [0.15, 0.2) is 11.9 Å². The molecule has 16 heteroatoms. The van der Waals surface area contributed by atoms with Crippen molar-refractivity contribution in [2.45, 2.75) is 31.8 Å². The molecule has 0 aliphatic carbocycles. The molecule has 14 nitrogen and oxygen atoms in total. The van der Waals surface area contributed by atoms with Crippen LogP contribution < -0.4 is 9.46 Å². The van der Waals surface area contributed by atoms with Crippen LogP contribution in [0.3, 0.4) is 0 Å². The number of pyridine rings is 2. The Morgan fingerprint density at radius 3 is 2.55 bits per heavy atom. The fraction of sp³-hybridized carbons (Fsp3) is 0.226. The monoisotopic (exact) mass is 657 g/mol. The summed E-state index contributed by atoms with van der Waals surface area (Å²) in [6.07, 6.45) is 14.0. The van der Waals surface area contributed by atoms with Crippen LogP contribution >= 0.6 is 11.6 Å². The van der Waals surface area contributed by atoms with Gasteiger partial charge in [0, 0.05) is 58.7 Å². The van der Waals surface area contributed by atoms with Crippen LogP contribution in [0.1, 0.15) is 41.5 Å². The lowest BCUT2D eigenvalue weighted by molar-refractivity contribution is -0.910. The molecule has 1 saturated heterocycles. The summed E-state index contributed by atoms with van der Waals surface area (Å²) < 4.78 is 22.0. The summed E-state index contributed by atoms with van der Waals surface area (Å²) in [5.74, 6) is -0.815. The van der Waals surface area contributed by atoms with Crippen molar-refractivity contribution in [2.24, 2.45) is 0 Å². The largest absolute Gasteiger partial charge is 0.337 e. The minimum absolute atomic E-state index is 0.0928. The summed E-state index contributed by atoms with van der Waals surface area (Å²) in [5, 5.41) is 41.3. The van der Waals surface area contributed by atoms with Gasteiger partial charge in [-0.3, -0.25) is 24.6 Å². The lowest BCUT2D eigenvalue weighted by atomic mass is 10.0. The molecular formula is C31H29ClFN11O3+2. The predicted molar refractivity (Wildman–Crippen MR) is 162 cm³/mol. The van der Waals surface area contributed by atoms with E-state index in [1.165, 1.54) is 35.7 Å². The van der Waals surface area contributed by atoms with Crippen LogP contribution in [0, 0.1) is 5.82 Å². The molecule has 1 fully saturated rings. The number of amides is 1. The van der Waals surface area contributed by atoms with Gasteiger partial charge in [-0.1, -0.05) is 11.6 Å². The zero-order chi connectivity index (χ0) is 32.5. The molecule has 6 heterocycles. The van der Waals surface area contributed by atoms with Crippen molar-refractivity contribution >= 4 is 17.5 Å². The van der Waals surface area contributed by atoms with E-state index in [1.54, 1.807) is 58.2 Å². The Balaban J connectivity index is 1.26. The zero-order valence-corrected chi connectivity index (χ0v) is 25.6. The second-order valence-corrected chi connectivity index (χ2v) is 11.6. The standard InChI is InChI=1S/C31H29ClFN11O3/c32-24-5-7-27(43-20-34-37-38-43)29(30(24)33)22-4-6-26(44(47)18-22)28(42-17-23(16-35-42)21-8-14-41(46)15-9-21)19-40-13-10-25(36-40)31(45)39-11-2-1-3-12-39/h4-10,13-18,20,28,46-47H,1-3,11-12,19H2/q+2. The third-order valence-corrected chi connectivity index (χ3v) is 8.48. The molecule has 1 aliphatic heterocycles. The second-order valence-electron chi connectivity index (χ2n) is 11.2. The third kappa shape index (κ3) is 6.00. The van der Waals surface area contributed by atoms with E-state index in [0.29, 0.717) is 35.7 Å². The van der Waals surface area contributed by atoms with E-state index in [1.807, 2.05) is 11.1 Å². The number of piperidine rings is 1. The Hall–Kier alpha value is -5.70. The van der Waals surface area contributed by atoms with Crippen LogP contribution in [-0.4, -0.2) is 74.1 Å². The molecule has 0 radical (unpaired) electrons. The first kappa shape index (κ1) is 30.0. The SMILES string of the molecule is O=C(c1ccn(CC(c2ccc(-c3c(-n4cnnn4)ccc(Cl)c3F)c[n+]2O)n2cc(-c3cc[n+](O)cc3)cn2)n1)N1CCCCC1. The molecule has 238 valence electrons. The molecule has 5 aromatic heterocycles. The van der Waals surface area contributed by atoms with Crippen molar-refractivity contribution in [3.05, 3.63) is 108 Å². The lowest BCUT2D eigenvalue weighted by Gasteiger charge is -2.25. The van der Waals surface area contributed by atoms with Crippen LogP contribution in [0.25, 0.3) is 27.9 Å². The number of hydrogen-bond acceptors (Lipinski definition) is 8. The second kappa shape index (κ2) is 12.6. The number of carbonyl (C=O) groups is 1. The Kier molecular flexibility index (Phi) is 8.03. The quantitative estimate of drug-likeness (QED) is 0.187. The lowest BCUT2D eigenvalue weighted by Crippen LogP contribution is -2.39. The van der Waals surface area contributed by atoms with E-state index in [2.05, 4.69) is 25.7 Å². The number of halogens is 2. The van der Waals surface area contributed by atoms with E-state index in [4.69, 9.17) is 11.6 Å². The summed E-state index contributed by atoms with van der Waals surface area (Å²) in [6.45, 7) is 1.61. The Labute approximate surface area is 272 Å². The van der Waals surface area contributed by atoms with Crippen LogP contribution in [0.2, 0.25) is 5.02 Å². The van der Waals surface area contributed by atoms with Gasteiger partial charge >= 0.3 is 0 Å². The van der Waals surface area contributed by atoms with Crippen LogP contribution in [0.4, 0.5) is 4.39 Å². The molecule has 1 unspecified atom stereocenters. The van der Waals surface area contributed by atoms with Crippen molar-refractivity contribution in [3.63, 3.8) is 0 Å². The zero-order valence-electron chi connectivity index (χ0n) is 24.9. The molecule has 1 amide bonds. The summed E-state index contributed by atoms with van der Waals surface area (Å²) in [6, 6.07) is 10.9. The molecule has 0 bridgehead atoms. The predicted octanol–water partition coefficient (Wildman–Crippen LogP) is 3.15. The van der Waals surface area contributed by atoms with Crippen LogP contribution in [0.5, 0.6) is 0 Å². The first-order valence-corrected chi connectivity index (χ1v) is 15.3. The van der Waals surface area contributed by atoms with Gasteiger partial charge in [0.25, 0.3) is 11.6 Å². The van der Waals surface area contributed by atoms with Crippen molar-refractivity contribution < 1.29 is 29.1 Å². The van der Waals surface area contributed by atoms with Crippen molar-refractivity contribution in [1.29, 1.82) is 0 Å². The molecule has 1 aromatic carbocycles. The van der Waals surface area contributed by atoms with Gasteiger partial charge in [0.2, 0.25) is 18.6 Å². The van der Waals surface area contributed by atoms with Gasteiger partial charge < -0.3 is 4.90 Å². The van der Waals surface area contributed by atoms with Crippen molar-refractivity contribution in [1.82, 2.24) is 44.7 Å². The Bertz CT molecular complexity index is 2040. The first-order valence-electron chi connectivity index (χ1n) is 14.9. The highest BCUT2D eigenvalue weighted by Crippen LogP contribution is 2.33. The molecule has 1 atom stereocenters. The van der Waals surface area contributed by atoms with Crippen LogP contribution in [-0.2, 0) is 6.54 Å². The molecule has 47 heavy (non-hydrogen) atoms. The van der Waals surface area contributed by atoms with Gasteiger partial charge in [-0.15, -0.1) is 5.10 Å². The molecule has 6 aromatic rings. The summed E-state index contributed by atoms with van der Waals surface area (Å²) in [7, 11) is 0. The van der Waals surface area contributed by atoms with Crippen LogP contribution in [0.15, 0.2) is 86.0 Å². The number of hydrogen-bond donors (Lipinski definition) is 2. The number of likely N-dealkylation sites (tertiary alicyclic amines) is 1. The summed E-state index contributed by atoms with van der Waals surface area (Å²) in [5.41, 5.74) is 3.06. The summed E-state index contributed by atoms with van der Waals surface area (Å²) >= 11 is 6.16. The van der Waals surface area contributed by atoms with Crippen molar-refractivity contribution in [3.8, 4) is 27.9 Å². The molecular weight excluding hydrogens is 629 g/mol. The Morgan fingerprint density at radius 2 is 1.81 bits per heavy atom. The minimum Gasteiger partial charge on any atom is -0.337 e. The summed E-state index contributed by atoms with van der Waals surface area (Å²) in [4.78, 5) is 15.0. The maximum Gasteiger partial charge on any atom is 0.274 e.